The van der Waals surface area contributed by atoms with E-state index in [2.05, 4.69) is 11.2 Å². The first-order chi connectivity index (χ1) is 3.77. The van der Waals surface area contributed by atoms with Crippen LogP contribution >= 0.6 is 0 Å². The van der Waals surface area contributed by atoms with Crippen molar-refractivity contribution in [3.05, 3.63) is 0 Å². The monoisotopic (exact) mass is 113 g/mol. The van der Waals surface area contributed by atoms with Gasteiger partial charge in [0.2, 0.25) is 0 Å². The van der Waals surface area contributed by atoms with Crippen molar-refractivity contribution in [2.45, 2.75) is 12.7 Å². The first-order valence-electron chi connectivity index (χ1n) is 2.45. The molecule has 0 radical (unpaired) electrons. The summed E-state index contributed by atoms with van der Waals surface area (Å²) < 4.78 is 0. The Morgan fingerprint density at radius 3 is 2.62 bits per heavy atom. The third-order valence-corrected chi connectivity index (χ3v) is 0.649. The fraction of sp³-hybridized carbons (Fsp3) is 0.600. The van der Waals surface area contributed by atoms with Crippen LogP contribution in [0, 0.1) is 12.3 Å². The van der Waals surface area contributed by atoms with Gasteiger partial charge in [-0.2, -0.15) is 0 Å². The molecule has 46 valence electrons. The SMILES string of the molecule is C#CCCNC(N)N. The molecule has 0 aromatic rings. The normalized spacial score (nSPS) is 9.25. The zero-order valence-corrected chi connectivity index (χ0v) is 4.72. The number of nitrogens with two attached hydrogens (primary N) is 2. The van der Waals surface area contributed by atoms with Crippen LogP contribution in [0.25, 0.3) is 0 Å². The predicted molar refractivity (Wildman–Crippen MR) is 33.6 cm³/mol. The summed E-state index contributed by atoms with van der Waals surface area (Å²) in [7, 11) is 0. The lowest BCUT2D eigenvalue weighted by molar-refractivity contribution is 0.554. The third kappa shape index (κ3) is 5.44. The Balaban J connectivity index is 2.85. The van der Waals surface area contributed by atoms with Gasteiger partial charge in [-0.15, -0.1) is 12.3 Å². The van der Waals surface area contributed by atoms with Crippen molar-refractivity contribution in [1.82, 2.24) is 5.32 Å². The van der Waals surface area contributed by atoms with Crippen LogP contribution in [0.5, 0.6) is 0 Å². The van der Waals surface area contributed by atoms with Crippen molar-refractivity contribution < 1.29 is 0 Å². The second-order valence-corrected chi connectivity index (χ2v) is 1.43. The molecule has 0 saturated carbocycles. The summed E-state index contributed by atoms with van der Waals surface area (Å²) in [5.74, 6) is 2.45. The molecule has 0 saturated heterocycles. The van der Waals surface area contributed by atoms with E-state index in [1.165, 1.54) is 0 Å². The average molecular weight is 113 g/mol. The minimum atomic E-state index is -0.441. The van der Waals surface area contributed by atoms with E-state index in [4.69, 9.17) is 17.9 Å². The number of hydrogen-bond acceptors (Lipinski definition) is 3. The van der Waals surface area contributed by atoms with Crippen LogP contribution in [-0.4, -0.2) is 12.8 Å². The summed E-state index contributed by atoms with van der Waals surface area (Å²) in [5.41, 5.74) is 10.3. The van der Waals surface area contributed by atoms with Gasteiger partial charge in [0.15, 0.2) is 0 Å². The molecule has 3 nitrogen and oxygen atoms in total. The Hall–Kier alpha value is -0.560. The minimum Gasteiger partial charge on any atom is -0.304 e. The van der Waals surface area contributed by atoms with E-state index in [-0.39, 0.29) is 0 Å². The van der Waals surface area contributed by atoms with Crippen molar-refractivity contribution in [3.63, 3.8) is 0 Å². The molecule has 0 aromatic carbocycles. The summed E-state index contributed by atoms with van der Waals surface area (Å²) in [6.45, 7) is 0.689. The summed E-state index contributed by atoms with van der Waals surface area (Å²) in [6.07, 6.45) is 5.17. The molecule has 0 aliphatic heterocycles. The molecule has 0 unspecified atom stereocenters. The summed E-state index contributed by atoms with van der Waals surface area (Å²) >= 11 is 0. The Kier molecular flexibility index (Phi) is 4.27. The standard InChI is InChI=1S/C5H11N3/c1-2-3-4-8-5(6)7/h1,5,8H,3-4,6-7H2. The van der Waals surface area contributed by atoms with Gasteiger partial charge in [0, 0.05) is 13.0 Å². The van der Waals surface area contributed by atoms with Crippen LogP contribution in [0.1, 0.15) is 6.42 Å². The van der Waals surface area contributed by atoms with Crippen LogP contribution in [0.15, 0.2) is 0 Å². The number of hydrogen-bond donors (Lipinski definition) is 3. The molecule has 0 atom stereocenters. The Labute approximate surface area is 49.4 Å². The highest BCUT2D eigenvalue weighted by Gasteiger charge is 1.86. The molecule has 0 heterocycles. The first kappa shape index (κ1) is 7.44. The van der Waals surface area contributed by atoms with Gasteiger partial charge in [0.05, 0.1) is 0 Å². The topological polar surface area (TPSA) is 64.1 Å². The molecule has 0 aromatic heterocycles. The molecule has 0 amide bonds. The largest absolute Gasteiger partial charge is 0.304 e. The summed E-state index contributed by atoms with van der Waals surface area (Å²) in [5, 5.41) is 2.76. The van der Waals surface area contributed by atoms with Gasteiger partial charge in [-0.1, -0.05) is 0 Å². The molecule has 8 heavy (non-hydrogen) atoms. The molecule has 0 rings (SSSR count). The van der Waals surface area contributed by atoms with Crippen molar-refractivity contribution in [1.29, 1.82) is 0 Å². The highest BCUT2D eigenvalue weighted by Crippen LogP contribution is 1.67. The summed E-state index contributed by atoms with van der Waals surface area (Å²) in [6, 6.07) is 0. The fourth-order valence-electron chi connectivity index (χ4n) is 0.311. The molecule has 5 N–H and O–H groups in total. The van der Waals surface area contributed by atoms with Gasteiger partial charge >= 0.3 is 0 Å². The zero-order chi connectivity index (χ0) is 6.41. The van der Waals surface area contributed by atoms with Crippen molar-refractivity contribution in [3.8, 4) is 12.3 Å². The Bertz CT molecular complexity index is 82.2. The summed E-state index contributed by atoms with van der Waals surface area (Å²) in [4.78, 5) is 0. The van der Waals surface area contributed by atoms with E-state index in [0.29, 0.717) is 13.0 Å². The lowest BCUT2D eigenvalue weighted by atomic mass is 10.4. The lowest BCUT2D eigenvalue weighted by Gasteiger charge is -2.03. The van der Waals surface area contributed by atoms with Crippen LogP contribution in [0.4, 0.5) is 0 Å². The molecule has 0 fully saturated rings. The van der Waals surface area contributed by atoms with Crippen molar-refractivity contribution in [2.75, 3.05) is 6.54 Å². The van der Waals surface area contributed by atoms with Gasteiger partial charge in [-0.3, -0.25) is 5.32 Å². The van der Waals surface area contributed by atoms with Gasteiger partial charge < -0.3 is 11.5 Å². The average Bonchev–Trinajstić information content (AvgIpc) is 1.66. The number of rotatable bonds is 3. The van der Waals surface area contributed by atoms with Gasteiger partial charge in [-0.25, -0.2) is 0 Å². The van der Waals surface area contributed by atoms with Crippen molar-refractivity contribution >= 4 is 0 Å². The number of nitrogens with one attached hydrogen (secondary N) is 1. The molecule has 0 spiro atoms. The third-order valence-electron chi connectivity index (χ3n) is 0.649. The second-order valence-electron chi connectivity index (χ2n) is 1.43. The van der Waals surface area contributed by atoms with Gasteiger partial charge in [-0.05, 0) is 0 Å². The molecule has 0 aliphatic carbocycles. The van der Waals surface area contributed by atoms with Crippen molar-refractivity contribution in [2.24, 2.45) is 11.5 Å². The maximum atomic E-state index is 5.13. The molecule has 0 aliphatic rings. The Morgan fingerprint density at radius 1 is 1.62 bits per heavy atom. The van der Waals surface area contributed by atoms with Crippen LogP contribution in [-0.2, 0) is 0 Å². The molecule has 0 bridgehead atoms. The van der Waals surface area contributed by atoms with E-state index in [9.17, 15) is 0 Å². The smallest absolute Gasteiger partial charge is 0.106 e. The lowest BCUT2D eigenvalue weighted by Crippen LogP contribution is -2.45. The molecular formula is C5H11N3. The van der Waals surface area contributed by atoms with Crippen LogP contribution < -0.4 is 16.8 Å². The highest BCUT2D eigenvalue weighted by molar-refractivity contribution is 4.84. The van der Waals surface area contributed by atoms with Crippen LogP contribution in [0.2, 0.25) is 0 Å². The van der Waals surface area contributed by atoms with Crippen LogP contribution in [0.3, 0.4) is 0 Å². The van der Waals surface area contributed by atoms with Gasteiger partial charge in [0.25, 0.3) is 0 Å². The Morgan fingerprint density at radius 2 is 2.25 bits per heavy atom. The zero-order valence-electron chi connectivity index (χ0n) is 4.72. The van der Waals surface area contributed by atoms with E-state index in [1.54, 1.807) is 0 Å². The maximum absolute atomic E-state index is 5.13. The van der Waals surface area contributed by atoms with E-state index < -0.39 is 6.29 Å². The minimum absolute atomic E-state index is 0.441. The second kappa shape index (κ2) is 4.60. The van der Waals surface area contributed by atoms with Gasteiger partial charge in [0.1, 0.15) is 6.29 Å². The predicted octanol–water partition coefficient (Wildman–Crippen LogP) is -1.20. The quantitative estimate of drug-likeness (QED) is 0.245. The van der Waals surface area contributed by atoms with E-state index >= 15 is 0 Å². The van der Waals surface area contributed by atoms with E-state index in [1.807, 2.05) is 0 Å². The maximum Gasteiger partial charge on any atom is 0.106 e. The molecular weight excluding hydrogens is 102 g/mol. The molecule has 3 heteroatoms. The first-order valence-corrected chi connectivity index (χ1v) is 2.45. The highest BCUT2D eigenvalue weighted by atomic mass is 15.1. The van der Waals surface area contributed by atoms with E-state index in [0.717, 1.165) is 0 Å². The number of terminal acetylenes is 1. The fourth-order valence-corrected chi connectivity index (χ4v) is 0.311.